The fourth-order valence-electron chi connectivity index (χ4n) is 6.69. The Balaban J connectivity index is 0.000000196. The number of likely N-dealkylation sites (tertiary alicyclic amines) is 2. The standard InChI is InChI=1S/C22H20N4O4.C15H12BrN3O2.C7H9NO2.CH4/c1-14-11-15(6-7-22(29)8-10-25(2)21(22)28)13-16(12-14)26-19-17(5-4-9-23-19)18(24-26)20(27)30-3;1-9-6-10(16)8-11(7-9)19-14-12(4-3-5-17-14)13(18-19)15(20)21-2;1-3-7(10)4-5-8(2)6(7)9;/h4-5,9,11-13,29H,8,10H2,1-3H3;3-8H,1-2H3;1,10H,4-5H2,2H3;1H4/t22-;;7-;/m0.0./s1. The molecule has 0 radical (unpaired) electrons. The lowest BCUT2D eigenvalue weighted by atomic mass is 10.0. The van der Waals surface area contributed by atoms with Crippen LogP contribution in [-0.2, 0) is 19.1 Å². The number of likely N-dealkylation sites (N-methyl/N-ethyl adjacent to an activating group) is 2. The van der Waals surface area contributed by atoms with Gasteiger partial charge in [-0.15, -0.1) is 6.42 Å². The number of carbonyl (C=O) groups excluding carboxylic acids is 4. The van der Waals surface area contributed by atoms with Crippen LogP contribution in [0.5, 0.6) is 0 Å². The first-order valence-corrected chi connectivity index (χ1v) is 19.5. The minimum Gasteiger partial charge on any atom is -0.464 e. The third-order valence-corrected chi connectivity index (χ3v) is 10.3. The molecule has 16 nitrogen and oxygen atoms in total. The Morgan fingerprint density at radius 1 is 0.758 bits per heavy atom. The SMILES string of the molecule is C.C#C[C@]1(O)CCN(C)C1=O.COC(=O)c1nn(-c2cc(C)cc(Br)c2)c2ncccc12.COC(=O)c1nn(-c2cc(C)cc(C#C[C@]3(O)CCN(C)C3=O)c2)c2ncccc12. The van der Waals surface area contributed by atoms with Crippen LogP contribution >= 0.6 is 15.9 Å². The van der Waals surface area contributed by atoms with E-state index in [0.29, 0.717) is 52.8 Å². The number of fused-ring (bicyclic) bond motifs is 2. The van der Waals surface area contributed by atoms with Gasteiger partial charge in [0.2, 0.25) is 11.2 Å². The van der Waals surface area contributed by atoms with Crippen molar-refractivity contribution in [2.24, 2.45) is 0 Å². The number of hydrogen-bond acceptors (Lipinski definition) is 12. The number of ether oxygens (including phenoxy) is 2. The molecule has 0 unspecified atom stereocenters. The van der Waals surface area contributed by atoms with Crippen molar-refractivity contribution in [3.63, 3.8) is 0 Å². The Kier molecular flexibility index (Phi) is 14.0. The molecule has 6 heterocycles. The highest BCUT2D eigenvalue weighted by Crippen LogP contribution is 2.26. The molecule has 2 amide bonds. The number of halogens is 1. The van der Waals surface area contributed by atoms with E-state index < -0.39 is 29.0 Å². The van der Waals surface area contributed by atoms with Crippen LogP contribution < -0.4 is 0 Å². The molecule has 2 saturated heterocycles. The molecule has 0 spiro atoms. The Hall–Kier alpha value is -6.92. The van der Waals surface area contributed by atoms with Crippen molar-refractivity contribution < 1.29 is 38.9 Å². The minimum atomic E-state index is -1.67. The van der Waals surface area contributed by atoms with Gasteiger partial charge in [-0.2, -0.15) is 10.2 Å². The number of amides is 2. The highest BCUT2D eigenvalue weighted by molar-refractivity contribution is 9.10. The molecule has 2 fully saturated rings. The smallest absolute Gasteiger partial charge is 0.359 e. The summed E-state index contributed by atoms with van der Waals surface area (Å²) in [4.78, 5) is 58.7. The number of carbonyl (C=O) groups is 4. The highest BCUT2D eigenvalue weighted by atomic mass is 79.9. The van der Waals surface area contributed by atoms with Gasteiger partial charge in [-0.25, -0.2) is 28.9 Å². The van der Waals surface area contributed by atoms with Gasteiger partial charge in [0.25, 0.3) is 11.8 Å². The zero-order valence-electron chi connectivity index (χ0n) is 34.1. The van der Waals surface area contributed by atoms with E-state index in [2.05, 4.69) is 53.9 Å². The van der Waals surface area contributed by atoms with Gasteiger partial charge in [0.1, 0.15) is 0 Å². The zero-order chi connectivity index (χ0) is 44.2. The monoisotopic (exact) mass is 904 g/mol. The Morgan fingerprint density at radius 3 is 1.65 bits per heavy atom. The number of aryl methyl sites for hydroxylation is 2. The van der Waals surface area contributed by atoms with Crippen molar-refractivity contribution in [2.45, 2.75) is 45.3 Å². The maximum absolute atomic E-state index is 12.2. The molecular formula is C45H45BrN8O8. The number of aromatic nitrogens is 6. The van der Waals surface area contributed by atoms with Crippen molar-refractivity contribution in [3.05, 3.63) is 106 Å². The van der Waals surface area contributed by atoms with Crippen molar-refractivity contribution >= 4 is 61.7 Å². The molecular weight excluding hydrogens is 860 g/mol. The number of benzene rings is 2. The molecule has 17 heteroatoms. The summed E-state index contributed by atoms with van der Waals surface area (Å²) < 4.78 is 13.8. The van der Waals surface area contributed by atoms with Gasteiger partial charge in [-0.05, 0) is 85.6 Å². The van der Waals surface area contributed by atoms with E-state index in [9.17, 15) is 29.4 Å². The highest BCUT2D eigenvalue weighted by Gasteiger charge is 2.43. The van der Waals surface area contributed by atoms with Crippen molar-refractivity contribution in [3.8, 4) is 35.6 Å². The molecule has 2 N–H and O–H groups in total. The van der Waals surface area contributed by atoms with Crippen molar-refractivity contribution in [1.82, 2.24) is 39.3 Å². The van der Waals surface area contributed by atoms with E-state index in [-0.39, 0.29) is 31.1 Å². The molecule has 62 heavy (non-hydrogen) atoms. The number of nitrogens with zero attached hydrogens (tertiary/aromatic N) is 8. The van der Waals surface area contributed by atoms with Crippen LogP contribution in [0.3, 0.4) is 0 Å². The molecule has 0 saturated carbocycles. The zero-order valence-corrected chi connectivity index (χ0v) is 35.7. The van der Waals surface area contributed by atoms with E-state index in [0.717, 1.165) is 21.3 Å². The second-order valence-corrected chi connectivity index (χ2v) is 15.3. The summed E-state index contributed by atoms with van der Waals surface area (Å²) in [5, 5.41) is 29.9. The summed E-state index contributed by atoms with van der Waals surface area (Å²) in [5.74, 6) is 5.94. The summed E-state index contributed by atoms with van der Waals surface area (Å²) in [5.41, 5.74) is 2.45. The molecule has 0 bridgehead atoms. The van der Waals surface area contributed by atoms with E-state index >= 15 is 0 Å². The number of rotatable bonds is 4. The predicted octanol–water partition coefficient (Wildman–Crippen LogP) is 4.59. The lowest BCUT2D eigenvalue weighted by molar-refractivity contribution is -0.138. The van der Waals surface area contributed by atoms with Crippen LogP contribution in [0.25, 0.3) is 33.4 Å². The Bertz CT molecular complexity index is 2800. The largest absolute Gasteiger partial charge is 0.464 e. The van der Waals surface area contributed by atoms with Crippen LogP contribution in [0.15, 0.2) is 77.5 Å². The number of pyridine rings is 2. The maximum Gasteiger partial charge on any atom is 0.359 e. The summed E-state index contributed by atoms with van der Waals surface area (Å²) in [6, 6.07) is 18.5. The molecule has 2 atom stereocenters. The molecule has 0 aliphatic carbocycles. The summed E-state index contributed by atoms with van der Waals surface area (Å²) in [7, 11) is 5.91. The maximum atomic E-state index is 12.2. The second kappa shape index (κ2) is 18.8. The van der Waals surface area contributed by atoms with Crippen molar-refractivity contribution in [2.75, 3.05) is 41.4 Å². The fraction of sp³-hybridized carbons (Fsp3) is 0.289. The predicted molar refractivity (Wildman–Crippen MR) is 234 cm³/mol. The van der Waals surface area contributed by atoms with Crippen LogP contribution in [-0.4, -0.2) is 126 Å². The quantitative estimate of drug-likeness (QED) is 0.185. The average Bonchev–Trinajstić information content (AvgIpc) is 3.98. The fourth-order valence-corrected chi connectivity index (χ4v) is 7.28. The molecule has 2 aromatic carbocycles. The van der Waals surface area contributed by atoms with Gasteiger partial charge in [-0.3, -0.25) is 9.59 Å². The topological polar surface area (TPSA) is 195 Å². The normalized spacial score (nSPS) is 17.8. The van der Waals surface area contributed by atoms with Crippen LogP contribution in [0.4, 0.5) is 0 Å². The van der Waals surface area contributed by atoms with Crippen LogP contribution in [0, 0.1) is 38.0 Å². The first-order valence-electron chi connectivity index (χ1n) is 18.7. The Morgan fingerprint density at radius 2 is 1.23 bits per heavy atom. The Labute approximate surface area is 366 Å². The number of methoxy groups -OCH3 is 2. The first-order chi connectivity index (χ1) is 29.0. The van der Waals surface area contributed by atoms with Gasteiger partial charge in [0, 0.05) is 62.5 Å². The molecule has 2 aliphatic heterocycles. The summed E-state index contributed by atoms with van der Waals surface area (Å²) in [6.07, 6.45) is 8.88. The first kappa shape index (κ1) is 46.2. The molecule has 4 aromatic heterocycles. The van der Waals surface area contributed by atoms with Gasteiger partial charge in [-0.1, -0.05) is 41.1 Å². The van der Waals surface area contributed by atoms with Gasteiger partial charge >= 0.3 is 11.9 Å². The average molecular weight is 906 g/mol. The van der Waals surface area contributed by atoms with Crippen LogP contribution in [0.1, 0.15) is 57.9 Å². The van der Waals surface area contributed by atoms with E-state index in [1.54, 1.807) is 60.1 Å². The number of aliphatic hydroxyl groups is 2. The molecule has 2 aliphatic rings. The lowest BCUT2D eigenvalue weighted by Crippen LogP contribution is -2.37. The van der Waals surface area contributed by atoms with E-state index in [1.165, 1.54) is 24.0 Å². The number of hydrogen-bond donors (Lipinski definition) is 2. The summed E-state index contributed by atoms with van der Waals surface area (Å²) in [6.45, 7) is 4.90. The van der Waals surface area contributed by atoms with Gasteiger partial charge in [0.15, 0.2) is 22.7 Å². The van der Waals surface area contributed by atoms with Crippen LogP contribution in [0.2, 0.25) is 0 Å². The molecule has 6 aromatic rings. The van der Waals surface area contributed by atoms with Gasteiger partial charge < -0.3 is 29.5 Å². The number of esters is 2. The van der Waals surface area contributed by atoms with Gasteiger partial charge in [0.05, 0.1) is 36.4 Å². The van der Waals surface area contributed by atoms with E-state index in [4.69, 9.17) is 15.9 Å². The molecule has 320 valence electrons. The number of terminal acetylenes is 1. The second-order valence-electron chi connectivity index (χ2n) is 14.4. The van der Waals surface area contributed by atoms with E-state index in [1.807, 2.05) is 50.2 Å². The summed E-state index contributed by atoms with van der Waals surface area (Å²) >= 11 is 3.47. The minimum absolute atomic E-state index is 0. The molecule has 8 rings (SSSR count). The van der Waals surface area contributed by atoms with Crippen molar-refractivity contribution in [1.29, 1.82) is 0 Å². The lowest BCUT2D eigenvalue weighted by Gasteiger charge is -2.13. The third-order valence-electron chi connectivity index (χ3n) is 9.89. The third kappa shape index (κ3) is 9.35.